The van der Waals surface area contributed by atoms with Crippen molar-refractivity contribution in [1.29, 1.82) is 0 Å². The van der Waals surface area contributed by atoms with Crippen molar-refractivity contribution < 1.29 is 5.11 Å². The molecule has 0 spiro atoms. The molecule has 19 heavy (non-hydrogen) atoms. The van der Waals surface area contributed by atoms with Crippen LogP contribution in [0.4, 0.5) is 0 Å². The summed E-state index contributed by atoms with van der Waals surface area (Å²) in [6.45, 7) is 5.82. The van der Waals surface area contributed by atoms with Crippen molar-refractivity contribution in [2.75, 3.05) is 26.2 Å². The van der Waals surface area contributed by atoms with Gasteiger partial charge < -0.3 is 5.11 Å². The van der Waals surface area contributed by atoms with Gasteiger partial charge >= 0.3 is 0 Å². The summed E-state index contributed by atoms with van der Waals surface area (Å²) in [5.74, 6) is 0.356. The average Bonchev–Trinajstić information content (AvgIpc) is 2.96. The lowest BCUT2D eigenvalue weighted by molar-refractivity contribution is 0.0937. The van der Waals surface area contributed by atoms with Crippen LogP contribution in [0.1, 0.15) is 31.2 Å². The van der Waals surface area contributed by atoms with Gasteiger partial charge in [0.2, 0.25) is 0 Å². The van der Waals surface area contributed by atoms with Crippen LogP contribution >= 0.6 is 0 Å². The number of piperazine rings is 1. The summed E-state index contributed by atoms with van der Waals surface area (Å²) < 4.78 is 0. The predicted molar refractivity (Wildman–Crippen MR) is 77.2 cm³/mol. The number of rotatable bonds is 3. The van der Waals surface area contributed by atoms with Crippen molar-refractivity contribution >= 4 is 0 Å². The average molecular weight is 260 g/mol. The Labute approximate surface area is 115 Å². The first-order chi connectivity index (χ1) is 9.31. The lowest BCUT2D eigenvalue weighted by Crippen LogP contribution is -2.49. The van der Waals surface area contributed by atoms with Gasteiger partial charge in [-0.15, -0.1) is 0 Å². The van der Waals surface area contributed by atoms with Crippen LogP contribution in [0.5, 0.6) is 5.75 Å². The van der Waals surface area contributed by atoms with Gasteiger partial charge in [0, 0.05) is 38.8 Å². The fourth-order valence-corrected chi connectivity index (χ4v) is 3.42. The maximum absolute atomic E-state index is 9.30. The van der Waals surface area contributed by atoms with Gasteiger partial charge in [0.05, 0.1) is 0 Å². The molecule has 1 saturated heterocycles. The highest BCUT2D eigenvalue weighted by molar-refractivity contribution is 5.25. The number of benzene rings is 1. The smallest absolute Gasteiger partial charge is 0.115 e. The molecule has 1 N–H and O–H groups in total. The lowest BCUT2D eigenvalue weighted by atomic mass is 10.1. The maximum Gasteiger partial charge on any atom is 0.115 e. The first-order valence-electron chi connectivity index (χ1n) is 7.55. The fraction of sp³-hybridized carbons (Fsp3) is 0.625. The van der Waals surface area contributed by atoms with E-state index in [1.807, 2.05) is 12.1 Å². The van der Waals surface area contributed by atoms with Crippen LogP contribution in [-0.2, 0) is 6.54 Å². The molecule has 1 aromatic rings. The fourth-order valence-electron chi connectivity index (χ4n) is 3.42. The SMILES string of the molecule is Oc1ccc(CN2CCN(C3CCCC3)CC2)cc1. The third-order valence-electron chi connectivity index (χ3n) is 4.59. The third-order valence-corrected chi connectivity index (χ3v) is 4.59. The number of phenols is 1. The minimum atomic E-state index is 0.356. The topological polar surface area (TPSA) is 26.7 Å². The van der Waals surface area contributed by atoms with Crippen LogP contribution in [0.2, 0.25) is 0 Å². The van der Waals surface area contributed by atoms with Crippen LogP contribution in [0.15, 0.2) is 24.3 Å². The van der Waals surface area contributed by atoms with Gasteiger partial charge in [-0.1, -0.05) is 25.0 Å². The predicted octanol–water partition coefficient (Wildman–Crippen LogP) is 2.45. The Bertz CT molecular complexity index is 390. The molecule has 3 heteroatoms. The summed E-state index contributed by atoms with van der Waals surface area (Å²) in [5, 5.41) is 9.30. The zero-order valence-corrected chi connectivity index (χ0v) is 11.6. The van der Waals surface area contributed by atoms with Gasteiger partial charge in [-0.05, 0) is 30.5 Å². The van der Waals surface area contributed by atoms with E-state index in [0.717, 1.165) is 12.6 Å². The molecule has 0 atom stereocenters. The molecular weight excluding hydrogens is 236 g/mol. The van der Waals surface area contributed by atoms with Crippen LogP contribution in [0.3, 0.4) is 0 Å². The molecule has 0 radical (unpaired) electrons. The lowest BCUT2D eigenvalue weighted by Gasteiger charge is -2.38. The van der Waals surface area contributed by atoms with Crippen molar-refractivity contribution in [1.82, 2.24) is 9.80 Å². The summed E-state index contributed by atoms with van der Waals surface area (Å²) in [6.07, 6.45) is 5.69. The Kier molecular flexibility index (Phi) is 4.04. The zero-order chi connectivity index (χ0) is 13.1. The number of phenolic OH excluding ortho intramolecular Hbond substituents is 1. The van der Waals surface area contributed by atoms with Crippen LogP contribution in [-0.4, -0.2) is 47.1 Å². The first-order valence-corrected chi connectivity index (χ1v) is 7.55. The van der Waals surface area contributed by atoms with E-state index in [0.29, 0.717) is 5.75 Å². The molecule has 1 aliphatic heterocycles. The highest BCUT2D eigenvalue weighted by Gasteiger charge is 2.25. The van der Waals surface area contributed by atoms with E-state index in [2.05, 4.69) is 9.80 Å². The number of nitrogens with zero attached hydrogens (tertiary/aromatic N) is 2. The van der Waals surface area contributed by atoms with Gasteiger partial charge in [-0.3, -0.25) is 9.80 Å². The first kappa shape index (κ1) is 12.9. The molecule has 104 valence electrons. The van der Waals surface area contributed by atoms with Crippen LogP contribution < -0.4 is 0 Å². The van der Waals surface area contributed by atoms with E-state index in [1.54, 1.807) is 12.1 Å². The Hall–Kier alpha value is -1.06. The highest BCUT2D eigenvalue weighted by atomic mass is 16.3. The van der Waals surface area contributed by atoms with E-state index >= 15 is 0 Å². The molecule has 3 rings (SSSR count). The second-order valence-electron chi connectivity index (χ2n) is 5.92. The van der Waals surface area contributed by atoms with Crippen molar-refractivity contribution in [3.63, 3.8) is 0 Å². The largest absolute Gasteiger partial charge is 0.508 e. The standard InChI is InChI=1S/C16H24N2O/c19-16-7-5-14(6-8-16)13-17-9-11-18(12-10-17)15-3-1-2-4-15/h5-8,15,19H,1-4,9-13H2. The Morgan fingerprint density at radius 3 is 2.21 bits per heavy atom. The molecule has 0 bridgehead atoms. The van der Waals surface area contributed by atoms with Gasteiger partial charge in [0.1, 0.15) is 5.75 Å². The Morgan fingerprint density at radius 1 is 0.947 bits per heavy atom. The molecule has 0 amide bonds. The molecular formula is C16H24N2O. The zero-order valence-electron chi connectivity index (χ0n) is 11.6. The van der Waals surface area contributed by atoms with Crippen LogP contribution in [0.25, 0.3) is 0 Å². The normalized spacial score (nSPS) is 22.9. The molecule has 2 fully saturated rings. The molecule has 1 aliphatic carbocycles. The highest BCUT2D eigenvalue weighted by Crippen LogP contribution is 2.24. The minimum Gasteiger partial charge on any atom is -0.508 e. The van der Waals surface area contributed by atoms with E-state index in [9.17, 15) is 5.11 Å². The molecule has 2 aliphatic rings. The third kappa shape index (κ3) is 3.28. The quantitative estimate of drug-likeness (QED) is 0.904. The van der Waals surface area contributed by atoms with E-state index < -0.39 is 0 Å². The molecule has 1 aromatic carbocycles. The van der Waals surface area contributed by atoms with Gasteiger partial charge in [0.15, 0.2) is 0 Å². The summed E-state index contributed by atoms with van der Waals surface area (Å²) in [4.78, 5) is 5.22. The van der Waals surface area contributed by atoms with Crippen molar-refractivity contribution in [3.05, 3.63) is 29.8 Å². The van der Waals surface area contributed by atoms with Crippen LogP contribution in [0, 0.1) is 0 Å². The van der Waals surface area contributed by atoms with Crippen molar-refractivity contribution in [2.45, 2.75) is 38.3 Å². The summed E-state index contributed by atoms with van der Waals surface area (Å²) >= 11 is 0. The van der Waals surface area contributed by atoms with Gasteiger partial charge in [-0.2, -0.15) is 0 Å². The van der Waals surface area contributed by atoms with E-state index in [1.165, 1.54) is 57.4 Å². The van der Waals surface area contributed by atoms with E-state index in [-0.39, 0.29) is 0 Å². The summed E-state index contributed by atoms with van der Waals surface area (Å²) in [5.41, 5.74) is 1.30. The number of aromatic hydroxyl groups is 1. The number of hydrogen-bond donors (Lipinski definition) is 1. The minimum absolute atomic E-state index is 0.356. The summed E-state index contributed by atoms with van der Waals surface area (Å²) in [7, 11) is 0. The summed E-state index contributed by atoms with van der Waals surface area (Å²) in [6, 6.07) is 8.49. The molecule has 0 aromatic heterocycles. The Morgan fingerprint density at radius 2 is 1.58 bits per heavy atom. The molecule has 1 heterocycles. The molecule has 3 nitrogen and oxygen atoms in total. The molecule has 1 saturated carbocycles. The van der Waals surface area contributed by atoms with E-state index in [4.69, 9.17) is 0 Å². The van der Waals surface area contributed by atoms with Gasteiger partial charge in [-0.25, -0.2) is 0 Å². The second-order valence-corrected chi connectivity index (χ2v) is 5.92. The van der Waals surface area contributed by atoms with Gasteiger partial charge in [0.25, 0.3) is 0 Å². The Balaban J connectivity index is 1.48. The second kappa shape index (κ2) is 5.93. The van der Waals surface area contributed by atoms with Crippen molar-refractivity contribution in [3.8, 4) is 5.75 Å². The molecule has 0 unspecified atom stereocenters. The monoisotopic (exact) mass is 260 g/mol. The number of hydrogen-bond acceptors (Lipinski definition) is 3. The van der Waals surface area contributed by atoms with Crippen molar-refractivity contribution in [2.24, 2.45) is 0 Å². The maximum atomic E-state index is 9.30.